The summed E-state index contributed by atoms with van der Waals surface area (Å²) in [7, 11) is 0. The van der Waals surface area contributed by atoms with E-state index in [-0.39, 0.29) is 18.1 Å². The molecular formula is C14H25NO5. The molecule has 0 saturated heterocycles. The standard InChI is InChI=1S/C14H25NO5/c1-8(2)11(10(16)7-9(3)12(17)18)15-13(19)20-14(4,5)6/h8-9,11H,7H2,1-6H3,(H,15,19)(H,17,18)/t9-,11+/m1/s1. The SMILES string of the molecule is CC(C)[C@H](NC(=O)OC(C)(C)C)C(=O)C[C@@H](C)C(=O)O. The number of alkyl carbamates (subject to hydrolysis) is 1. The van der Waals surface area contributed by atoms with Crippen LogP contribution in [0, 0.1) is 11.8 Å². The van der Waals surface area contributed by atoms with E-state index in [1.807, 2.05) is 0 Å². The van der Waals surface area contributed by atoms with Crippen molar-refractivity contribution in [2.75, 3.05) is 0 Å². The monoisotopic (exact) mass is 287 g/mol. The van der Waals surface area contributed by atoms with Crippen LogP contribution in [0.2, 0.25) is 0 Å². The molecule has 6 heteroatoms. The lowest BCUT2D eigenvalue weighted by molar-refractivity contribution is -0.143. The molecule has 0 rings (SSSR count). The molecule has 0 bridgehead atoms. The number of Topliss-reactive ketones (excluding diaryl/α,β-unsaturated/α-hetero) is 1. The number of rotatable bonds is 6. The lowest BCUT2D eigenvalue weighted by Crippen LogP contribution is -2.47. The van der Waals surface area contributed by atoms with E-state index in [0.717, 1.165) is 0 Å². The quantitative estimate of drug-likeness (QED) is 0.781. The smallest absolute Gasteiger partial charge is 0.408 e. The van der Waals surface area contributed by atoms with Gasteiger partial charge in [-0.25, -0.2) is 4.79 Å². The first kappa shape index (κ1) is 18.4. The first-order chi connectivity index (χ1) is 8.94. The van der Waals surface area contributed by atoms with Gasteiger partial charge in [-0.3, -0.25) is 9.59 Å². The summed E-state index contributed by atoms with van der Waals surface area (Å²) >= 11 is 0. The second-order valence-corrected chi connectivity index (χ2v) is 6.28. The molecule has 0 aliphatic heterocycles. The summed E-state index contributed by atoms with van der Waals surface area (Å²) in [4.78, 5) is 34.5. The summed E-state index contributed by atoms with van der Waals surface area (Å²) in [5, 5.41) is 11.3. The highest BCUT2D eigenvalue weighted by molar-refractivity contribution is 5.90. The van der Waals surface area contributed by atoms with Crippen LogP contribution in [0.3, 0.4) is 0 Å². The van der Waals surface area contributed by atoms with E-state index in [4.69, 9.17) is 9.84 Å². The van der Waals surface area contributed by atoms with Gasteiger partial charge in [0.2, 0.25) is 0 Å². The van der Waals surface area contributed by atoms with Crippen LogP contribution in [0.15, 0.2) is 0 Å². The number of hydrogen-bond donors (Lipinski definition) is 2. The molecule has 0 heterocycles. The topological polar surface area (TPSA) is 92.7 Å². The van der Waals surface area contributed by atoms with Crippen LogP contribution in [0.5, 0.6) is 0 Å². The van der Waals surface area contributed by atoms with Crippen LogP contribution < -0.4 is 5.32 Å². The molecular weight excluding hydrogens is 262 g/mol. The number of carboxylic acid groups (broad SMARTS) is 1. The van der Waals surface area contributed by atoms with Crippen LogP contribution in [-0.4, -0.2) is 34.6 Å². The Balaban J connectivity index is 4.69. The Morgan fingerprint density at radius 1 is 1.15 bits per heavy atom. The molecule has 0 aliphatic carbocycles. The summed E-state index contributed by atoms with van der Waals surface area (Å²) in [6.45, 7) is 10.2. The average molecular weight is 287 g/mol. The summed E-state index contributed by atoms with van der Waals surface area (Å²) in [6, 6.07) is -0.744. The first-order valence-corrected chi connectivity index (χ1v) is 6.69. The maximum atomic E-state index is 12.1. The molecule has 0 aromatic heterocycles. The molecule has 0 aliphatic rings. The van der Waals surface area contributed by atoms with Gasteiger partial charge in [-0.1, -0.05) is 20.8 Å². The second-order valence-electron chi connectivity index (χ2n) is 6.28. The van der Waals surface area contributed by atoms with Gasteiger partial charge in [-0.05, 0) is 26.7 Å². The van der Waals surface area contributed by atoms with Gasteiger partial charge in [0, 0.05) is 6.42 Å². The summed E-state index contributed by atoms with van der Waals surface area (Å²) in [5.74, 6) is -2.25. The van der Waals surface area contributed by atoms with E-state index in [0.29, 0.717) is 0 Å². The van der Waals surface area contributed by atoms with Crippen molar-refractivity contribution in [1.82, 2.24) is 5.32 Å². The summed E-state index contributed by atoms with van der Waals surface area (Å²) < 4.78 is 5.10. The molecule has 0 spiro atoms. The molecule has 116 valence electrons. The van der Waals surface area contributed by atoms with Gasteiger partial charge in [0.1, 0.15) is 5.60 Å². The van der Waals surface area contributed by atoms with Crippen molar-refractivity contribution in [3.8, 4) is 0 Å². The van der Waals surface area contributed by atoms with Gasteiger partial charge >= 0.3 is 12.1 Å². The van der Waals surface area contributed by atoms with Crippen LogP contribution >= 0.6 is 0 Å². The Labute approximate surface area is 119 Å². The Kier molecular flexibility index (Phi) is 6.68. The van der Waals surface area contributed by atoms with Gasteiger partial charge in [0.15, 0.2) is 5.78 Å². The number of ether oxygens (including phenoxy) is 1. The third-order valence-electron chi connectivity index (χ3n) is 2.61. The molecule has 2 N–H and O–H groups in total. The molecule has 0 unspecified atom stereocenters. The van der Waals surface area contributed by atoms with E-state index in [9.17, 15) is 14.4 Å². The van der Waals surface area contributed by atoms with E-state index in [1.54, 1.807) is 34.6 Å². The van der Waals surface area contributed by atoms with Gasteiger partial charge in [0.25, 0.3) is 0 Å². The Bertz CT molecular complexity index is 370. The molecule has 6 nitrogen and oxygen atoms in total. The number of nitrogens with one attached hydrogen (secondary N) is 1. The number of ketones is 1. The highest BCUT2D eigenvalue weighted by Gasteiger charge is 2.28. The van der Waals surface area contributed by atoms with E-state index in [2.05, 4.69) is 5.32 Å². The van der Waals surface area contributed by atoms with E-state index < -0.39 is 29.6 Å². The van der Waals surface area contributed by atoms with Crippen LogP contribution in [-0.2, 0) is 14.3 Å². The zero-order valence-electron chi connectivity index (χ0n) is 13.0. The van der Waals surface area contributed by atoms with Gasteiger partial charge in [-0.15, -0.1) is 0 Å². The maximum Gasteiger partial charge on any atom is 0.408 e. The molecule has 1 amide bonds. The predicted octanol–water partition coefficient (Wildman–Crippen LogP) is 2.22. The lowest BCUT2D eigenvalue weighted by Gasteiger charge is -2.25. The molecule has 0 radical (unpaired) electrons. The van der Waals surface area contributed by atoms with Gasteiger partial charge < -0.3 is 15.2 Å². The molecule has 20 heavy (non-hydrogen) atoms. The minimum atomic E-state index is -1.03. The molecule has 0 fully saturated rings. The zero-order valence-corrected chi connectivity index (χ0v) is 13.0. The normalized spacial score (nSPS) is 14.6. The fraction of sp³-hybridized carbons (Fsp3) is 0.786. The van der Waals surface area contributed by atoms with E-state index in [1.165, 1.54) is 6.92 Å². The fourth-order valence-corrected chi connectivity index (χ4v) is 1.57. The van der Waals surface area contributed by atoms with Crippen molar-refractivity contribution in [1.29, 1.82) is 0 Å². The molecule has 2 atom stereocenters. The largest absolute Gasteiger partial charge is 0.481 e. The van der Waals surface area contributed by atoms with Crippen LogP contribution in [0.1, 0.15) is 48.0 Å². The van der Waals surface area contributed by atoms with Crippen molar-refractivity contribution >= 4 is 17.8 Å². The minimum absolute atomic E-state index is 0.117. The van der Waals surface area contributed by atoms with Gasteiger partial charge in [-0.2, -0.15) is 0 Å². The summed E-state index contributed by atoms with van der Waals surface area (Å²) in [5.41, 5.74) is -0.650. The number of carboxylic acids is 1. The second kappa shape index (κ2) is 7.26. The molecule has 0 aromatic carbocycles. The maximum absolute atomic E-state index is 12.1. The van der Waals surface area contributed by atoms with Gasteiger partial charge in [0.05, 0.1) is 12.0 Å². The minimum Gasteiger partial charge on any atom is -0.481 e. The lowest BCUT2D eigenvalue weighted by atomic mass is 9.93. The Morgan fingerprint density at radius 2 is 1.65 bits per heavy atom. The third kappa shape index (κ3) is 7.11. The number of carbonyl (C=O) groups is 3. The third-order valence-corrected chi connectivity index (χ3v) is 2.61. The van der Waals surface area contributed by atoms with Crippen molar-refractivity contribution in [2.45, 2.75) is 59.6 Å². The zero-order chi connectivity index (χ0) is 16.1. The van der Waals surface area contributed by atoms with Crippen molar-refractivity contribution in [3.63, 3.8) is 0 Å². The van der Waals surface area contributed by atoms with Crippen LogP contribution in [0.25, 0.3) is 0 Å². The number of carbonyl (C=O) groups excluding carboxylic acids is 2. The number of hydrogen-bond acceptors (Lipinski definition) is 4. The van der Waals surface area contributed by atoms with Crippen LogP contribution in [0.4, 0.5) is 4.79 Å². The van der Waals surface area contributed by atoms with Crippen molar-refractivity contribution < 1.29 is 24.2 Å². The molecule has 0 aromatic rings. The van der Waals surface area contributed by atoms with E-state index >= 15 is 0 Å². The summed E-state index contributed by atoms with van der Waals surface area (Å²) in [6.07, 6.45) is -0.791. The van der Waals surface area contributed by atoms with Crippen molar-refractivity contribution in [3.05, 3.63) is 0 Å². The average Bonchev–Trinajstić information content (AvgIpc) is 2.22. The fourth-order valence-electron chi connectivity index (χ4n) is 1.57. The first-order valence-electron chi connectivity index (χ1n) is 6.69. The number of amides is 1. The Morgan fingerprint density at radius 3 is 2.00 bits per heavy atom. The molecule has 0 saturated carbocycles. The number of aliphatic carboxylic acids is 1. The highest BCUT2D eigenvalue weighted by Crippen LogP contribution is 2.13. The van der Waals surface area contributed by atoms with Crippen molar-refractivity contribution in [2.24, 2.45) is 11.8 Å². The predicted molar refractivity (Wildman–Crippen MR) is 74.4 cm³/mol. The Hall–Kier alpha value is -1.59. The highest BCUT2D eigenvalue weighted by atomic mass is 16.6.